The molecule has 1 heterocycles. The van der Waals surface area contributed by atoms with Gasteiger partial charge in [0.1, 0.15) is 6.04 Å². The first kappa shape index (κ1) is 23.7. The van der Waals surface area contributed by atoms with Gasteiger partial charge in [-0.3, -0.25) is 4.79 Å². The van der Waals surface area contributed by atoms with E-state index in [2.05, 4.69) is 26.8 Å². The molecular weight excluding hydrogens is 399 g/mol. The van der Waals surface area contributed by atoms with Crippen molar-refractivity contribution in [3.05, 3.63) is 48.3 Å². The summed E-state index contributed by atoms with van der Waals surface area (Å²) in [7, 11) is 0. The lowest BCUT2D eigenvalue weighted by molar-refractivity contribution is -0.423. The van der Waals surface area contributed by atoms with E-state index in [1.54, 1.807) is 0 Å². The molecule has 0 saturated carbocycles. The highest BCUT2D eigenvalue weighted by Gasteiger charge is 2.14. The van der Waals surface area contributed by atoms with Crippen molar-refractivity contribution in [1.82, 2.24) is 15.3 Å². The average Bonchev–Trinajstić information content (AvgIpc) is 3.08. The number of nitrogens with zero attached hydrogens (tertiary/aromatic N) is 1. The minimum Gasteiger partial charge on any atom is -1.00 e. The monoisotopic (exact) mass is 424 g/mol. The van der Waals surface area contributed by atoms with Gasteiger partial charge in [0.15, 0.2) is 5.82 Å². The molecule has 0 aliphatic carbocycles. The third kappa shape index (κ3) is 5.84. The number of benzene rings is 2. The first-order chi connectivity index (χ1) is 12.6. The maximum atomic E-state index is 12.3. The highest BCUT2D eigenvalue weighted by molar-refractivity contribution is 5.94. The van der Waals surface area contributed by atoms with Gasteiger partial charge in [-0.1, -0.05) is 18.2 Å². The van der Waals surface area contributed by atoms with Crippen molar-refractivity contribution in [1.29, 1.82) is 0 Å². The Hall–Kier alpha value is -2.32. The van der Waals surface area contributed by atoms with Gasteiger partial charge in [-0.15, -0.1) is 0 Å². The van der Waals surface area contributed by atoms with Gasteiger partial charge >= 0.3 is 0 Å². The number of fused-ring (bicyclic) bond motifs is 1. The van der Waals surface area contributed by atoms with Gasteiger partial charge in [0, 0.05) is 18.5 Å². The largest absolute Gasteiger partial charge is 1.00 e. The van der Waals surface area contributed by atoms with Crippen molar-refractivity contribution < 1.29 is 41.1 Å². The fraction of sp³-hybridized carbons (Fsp3) is 0.263. The van der Waals surface area contributed by atoms with Crippen molar-refractivity contribution in [2.45, 2.75) is 18.9 Å². The number of hydrogen-bond acceptors (Lipinski definition) is 3. The first-order valence-electron chi connectivity index (χ1n) is 8.83. The zero-order valence-electron chi connectivity index (χ0n) is 15.6. The predicted molar refractivity (Wildman–Crippen MR) is 102 cm³/mol. The zero-order valence-corrected chi connectivity index (χ0v) is 17.1. The molecule has 0 aliphatic heterocycles. The number of nitrogens with one attached hydrogen (secondary N) is 2. The number of H-pyrrole nitrogens is 1. The number of halogens is 2. The number of carbonyl (C=O) groups excluding carboxylic acids is 1. The molecule has 0 unspecified atom stereocenters. The van der Waals surface area contributed by atoms with E-state index in [1.807, 2.05) is 42.5 Å². The summed E-state index contributed by atoms with van der Waals surface area (Å²) in [4.78, 5) is 19.8. The van der Waals surface area contributed by atoms with Crippen LogP contribution in [0.3, 0.4) is 0 Å². The lowest BCUT2D eigenvalue weighted by Gasteiger charge is -2.07. The van der Waals surface area contributed by atoms with E-state index >= 15 is 0 Å². The maximum Gasteiger partial charge on any atom is 0.287 e. The summed E-state index contributed by atoms with van der Waals surface area (Å²) >= 11 is 0. The molecule has 10 N–H and O–H groups in total. The van der Waals surface area contributed by atoms with Crippen LogP contribution >= 0.6 is 0 Å². The topological polar surface area (TPSA) is 139 Å². The Morgan fingerprint density at radius 1 is 1.14 bits per heavy atom. The summed E-state index contributed by atoms with van der Waals surface area (Å²) in [5.74, 6) is 0.109. The van der Waals surface area contributed by atoms with Gasteiger partial charge < -0.3 is 52.3 Å². The van der Waals surface area contributed by atoms with Crippen LogP contribution in [0.5, 0.6) is 0 Å². The second kappa shape index (κ2) is 10.9. The number of nitrogen functional groups attached to an aromatic ring is 1. The number of rotatable bonds is 7. The van der Waals surface area contributed by atoms with E-state index in [9.17, 15) is 4.79 Å². The van der Waals surface area contributed by atoms with Gasteiger partial charge in [0.25, 0.3) is 5.91 Å². The number of quaternary nitrogens is 2. The Kier molecular flexibility index (Phi) is 9.21. The van der Waals surface area contributed by atoms with Gasteiger partial charge in [0.05, 0.1) is 24.1 Å². The van der Waals surface area contributed by atoms with E-state index in [-0.39, 0.29) is 36.8 Å². The van der Waals surface area contributed by atoms with Crippen LogP contribution in [0.2, 0.25) is 0 Å². The van der Waals surface area contributed by atoms with E-state index in [0.717, 1.165) is 47.2 Å². The molecule has 3 rings (SSSR count). The molecule has 0 bridgehead atoms. The molecule has 1 aromatic heterocycles. The minimum absolute atomic E-state index is 0. The minimum atomic E-state index is -0.210. The third-order valence-corrected chi connectivity index (χ3v) is 4.35. The predicted octanol–water partition coefficient (Wildman–Crippen LogP) is -5.82. The Balaban J connectivity index is 0.00000196. The van der Waals surface area contributed by atoms with Crippen molar-refractivity contribution in [3.8, 4) is 11.1 Å². The summed E-state index contributed by atoms with van der Waals surface area (Å²) in [6.45, 7) is 1.42. The molecule has 1 atom stereocenters. The Morgan fingerprint density at radius 2 is 1.82 bits per heavy atom. The zero-order chi connectivity index (χ0) is 18.5. The fourth-order valence-electron chi connectivity index (χ4n) is 2.83. The summed E-state index contributed by atoms with van der Waals surface area (Å²) in [6.07, 6.45) is 1.97. The number of carbonyl (C=O) groups is 1. The van der Waals surface area contributed by atoms with E-state index in [4.69, 9.17) is 5.73 Å². The number of hydrogen-bond donors (Lipinski definition) is 5. The molecule has 1 amide bonds. The summed E-state index contributed by atoms with van der Waals surface area (Å²) in [5.41, 5.74) is 18.0. The fourth-order valence-corrected chi connectivity index (χ4v) is 2.83. The Labute approximate surface area is 176 Å². The number of anilines is 1. The normalized spacial score (nSPS) is 11.4. The molecule has 0 radical (unpaired) electrons. The summed E-state index contributed by atoms with van der Waals surface area (Å²) in [6, 6.07) is 13.8. The van der Waals surface area contributed by atoms with Crippen LogP contribution in [-0.4, -0.2) is 35.0 Å². The molecule has 0 saturated heterocycles. The van der Waals surface area contributed by atoms with Gasteiger partial charge in [-0.2, -0.15) is 0 Å². The SMILES string of the molecule is Nc1ccc(-c2ccc3nc(C(=O)NC[C@@H]([NH3+])CCC[NH3+])[nH]c3c2)cc1.[Cl-].[Cl-]. The second-order valence-electron chi connectivity index (χ2n) is 6.51. The molecule has 3 aromatic rings. The number of aromatic nitrogens is 2. The van der Waals surface area contributed by atoms with Crippen LogP contribution in [0.25, 0.3) is 22.2 Å². The molecule has 0 aliphatic rings. The van der Waals surface area contributed by atoms with Crippen LogP contribution in [-0.2, 0) is 0 Å². The first-order valence-corrected chi connectivity index (χ1v) is 8.83. The quantitative estimate of drug-likeness (QED) is 0.241. The number of amides is 1. The Morgan fingerprint density at radius 3 is 2.50 bits per heavy atom. The van der Waals surface area contributed by atoms with Gasteiger partial charge in [-0.25, -0.2) is 4.98 Å². The summed E-state index contributed by atoms with van der Waals surface area (Å²) in [5, 5.41) is 2.89. The number of imidazole rings is 1. The van der Waals surface area contributed by atoms with Crippen LogP contribution < -0.4 is 47.3 Å². The van der Waals surface area contributed by atoms with Crippen molar-refractivity contribution >= 4 is 22.6 Å². The van der Waals surface area contributed by atoms with Crippen LogP contribution in [0, 0.1) is 0 Å². The molecule has 9 heteroatoms. The lowest BCUT2D eigenvalue weighted by Crippen LogP contribution is -3.00. The van der Waals surface area contributed by atoms with Crippen molar-refractivity contribution in [2.24, 2.45) is 0 Å². The van der Waals surface area contributed by atoms with Crippen molar-refractivity contribution in [2.75, 3.05) is 18.8 Å². The van der Waals surface area contributed by atoms with Gasteiger partial charge in [-0.05, 0) is 35.4 Å². The maximum absolute atomic E-state index is 12.3. The van der Waals surface area contributed by atoms with Crippen LogP contribution in [0.15, 0.2) is 42.5 Å². The standard InChI is InChI=1S/C19H24N6O.2ClH/c20-9-1-2-15(22)11-23-19(26)18-24-16-8-5-13(10-17(16)25-18)12-3-6-14(21)7-4-12;;/h3-8,10,15H,1-2,9,11,20-22H2,(H,23,26)(H,24,25);2*1H/t15-;;/m0../s1. The molecule has 152 valence electrons. The number of nitrogens with two attached hydrogens (primary N) is 1. The lowest BCUT2D eigenvalue weighted by atomic mass is 10.0. The molecule has 0 fully saturated rings. The van der Waals surface area contributed by atoms with Crippen LogP contribution in [0.1, 0.15) is 23.5 Å². The van der Waals surface area contributed by atoms with Crippen LogP contribution in [0.4, 0.5) is 5.69 Å². The second-order valence-corrected chi connectivity index (χ2v) is 6.51. The Bertz CT molecular complexity index is 897. The highest BCUT2D eigenvalue weighted by atomic mass is 35.5. The molecule has 7 nitrogen and oxygen atoms in total. The van der Waals surface area contributed by atoms with E-state index < -0.39 is 0 Å². The molecule has 0 spiro atoms. The average molecular weight is 425 g/mol. The third-order valence-electron chi connectivity index (χ3n) is 4.35. The van der Waals surface area contributed by atoms with E-state index in [1.165, 1.54) is 0 Å². The van der Waals surface area contributed by atoms with Gasteiger partial charge in [0.2, 0.25) is 0 Å². The summed E-state index contributed by atoms with van der Waals surface area (Å²) < 4.78 is 0. The molecule has 2 aromatic carbocycles. The smallest absolute Gasteiger partial charge is 0.287 e. The molecular formula is C19H26Cl2N6O. The highest BCUT2D eigenvalue weighted by Crippen LogP contribution is 2.24. The number of aromatic amines is 1. The molecule has 28 heavy (non-hydrogen) atoms. The van der Waals surface area contributed by atoms with E-state index in [0.29, 0.717) is 12.4 Å². The van der Waals surface area contributed by atoms with Crippen molar-refractivity contribution in [3.63, 3.8) is 0 Å².